The van der Waals surface area contributed by atoms with Gasteiger partial charge in [0.2, 0.25) is 0 Å². The van der Waals surface area contributed by atoms with E-state index in [4.69, 9.17) is 4.74 Å². The Morgan fingerprint density at radius 2 is 1.41 bits per heavy atom. The van der Waals surface area contributed by atoms with Crippen molar-refractivity contribution in [3.05, 3.63) is 114 Å². The van der Waals surface area contributed by atoms with E-state index in [1.54, 1.807) is 0 Å². The number of ether oxygens (including phenoxy) is 1. The lowest BCUT2D eigenvalue weighted by Crippen LogP contribution is -2.19. The van der Waals surface area contributed by atoms with Crippen LogP contribution in [-0.4, -0.2) is 22.2 Å². The summed E-state index contributed by atoms with van der Waals surface area (Å²) >= 11 is 0. The maximum absolute atomic E-state index is 12.9. The highest BCUT2D eigenvalue weighted by molar-refractivity contribution is 6.06. The molecule has 0 saturated heterocycles. The van der Waals surface area contributed by atoms with Crippen LogP contribution >= 0.6 is 0 Å². The molecule has 0 spiro atoms. The zero-order chi connectivity index (χ0) is 27.0. The number of amides is 1. The largest absolute Gasteiger partial charge is 0.481 e. The van der Waals surface area contributed by atoms with Crippen LogP contribution in [0.2, 0.25) is 0 Å². The Hall–Kier alpha value is -4.84. The van der Waals surface area contributed by atoms with E-state index < -0.39 is 23.6 Å². The van der Waals surface area contributed by atoms with E-state index in [0.29, 0.717) is 18.5 Å². The second-order valence-corrected chi connectivity index (χ2v) is 10.0. The summed E-state index contributed by atoms with van der Waals surface area (Å²) in [6.07, 6.45) is 0.464. The molecule has 1 fully saturated rings. The Labute approximate surface area is 226 Å². The normalized spacial score (nSPS) is 14.5. The van der Waals surface area contributed by atoms with Crippen LogP contribution < -0.4 is 5.32 Å². The van der Waals surface area contributed by atoms with E-state index in [1.165, 1.54) is 0 Å². The van der Waals surface area contributed by atoms with Gasteiger partial charge in [-0.3, -0.25) is 10.1 Å². The van der Waals surface area contributed by atoms with E-state index in [1.807, 2.05) is 110 Å². The number of hydrogen-bond donors (Lipinski definition) is 3. The lowest BCUT2D eigenvalue weighted by atomic mass is 9.93. The lowest BCUT2D eigenvalue weighted by molar-refractivity contribution is -0.140. The topological polar surface area (TPSA) is 91.4 Å². The second kappa shape index (κ2) is 9.80. The zero-order valence-corrected chi connectivity index (χ0v) is 21.5. The minimum atomic E-state index is -0.749. The summed E-state index contributed by atoms with van der Waals surface area (Å²) in [5, 5.41) is 13.4. The van der Waals surface area contributed by atoms with Crippen molar-refractivity contribution in [2.75, 3.05) is 5.32 Å². The van der Waals surface area contributed by atoms with E-state index in [9.17, 15) is 14.7 Å². The molecule has 6 heteroatoms. The number of benzene rings is 4. The predicted molar refractivity (Wildman–Crippen MR) is 153 cm³/mol. The SMILES string of the molecule is CC(OC(=O)Nc1c(-c2ccc(-c3ccc(C4(C(=O)O)CC4)cc3)cc2)[nH]c2ccccc12)c1ccccc1. The highest BCUT2D eigenvalue weighted by Crippen LogP contribution is 2.48. The lowest BCUT2D eigenvalue weighted by Gasteiger charge is -2.15. The molecular weight excluding hydrogens is 488 g/mol. The molecule has 1 saturated carbocycles. The molecule has 0 radical (unpaired) electrons. The van der Waals surface area contributed by atoms with Gasteiger partial charge in [0.25, 0.3) is 0 Å². The number of carbonyl (C=O) groups excluding carboxylic acids is 1. The van der Waals surface area contributed by atoms with Crippen molar-refractivity contribution in [2.24, 2.45) is 0 Å². The van der Waals surface area contributed by atoms with Gasteiger partial charge in [0.05, 0.1) is 16.8 Å². The van der Waals surface area contributed by atoms with Gasteiger partial charge in [0.1, 0.15) is 6.10 Å². The Morgan fingerprint density at radius 3 is 2.05 bits per heavy atom. The van der Waals surface area contributed by atoms with Gasteiger partial charge in [-0.25, -0.2) is 4.79 Å². The summed E-state index contributed by atoms with van der Waals surface area (Å²) < 4.78 is 5.68. The first-order chi connectivity index (χ1) is 18.9. The maximum atomic E-state index is 12.9. The molecule has 4 aromatic carbocycles. The van der Waals surface area contributed by atoms with Gasteiger partial charge in [-0.2, -0.15) is 0 Å². The number of aromatic amines is 1. The summed E-state index contributed by atoms with van der Waals surface area (Å²) in [6, 6.07) is 33.3. The summed E-state index contributed by atoms with van der Waals surface area (Å²) in [7, 11) is 0. The van der Waals surface area contributed by atoms with Crippen molar-refractivity contribution in [3.63, 3.8) is 0 Å². The first kappa shape index (κ1) is 24.5. The van der Waals surface area contributed by atoms with Gasteiger partial charge in [-0.15, -0.1) is 0 Å². The zero-order valence-electron chi connectivity index (χ0n) is 21.5. The summed E-state index contributed by atoms with van der Waals surface area (Å²) in [4.78, 5) is 28.0. The van der Waals surface area contributed by atoms with Gasteiger partial charge >= 0.3 is 12.1 Å². The molecule has 1 amide bonds. The molecule has 1 unspecified atom stereocenters. The minimum absolute atomic E-state index is 0.393. The molecular formula is C33H28N2O4. The highest BCUT2D eigenvalue weighted by atomic mass is 16.6. The monoisotopic (exact) mass is 516 g/mol. The van der Waals surface area contributed by atoms with Crippen LogP contribution in [0, 0.1) is 0 Å². The standard InChI is InChI=1S/C33H28N2O4/c1-21(22-7-3-2-4-8-22)39-32(38)35-30-27-9-5-6-10-28(27)34-29(30)25-13-11-23(12-14-25)24-15-17-26(18-16-24)33(19-20-33)31(36)37/h2-18,21,34H,19-20H2,1H3,(H,35,38)(H,36,37). The van der Waals surface area contributed by atoms with Crippen molar-refractivity contribution in [1.82, 2.24) is 4.98 Å². The molecule has 39 heavy (non-hydrogen) atoms. The number of H-pyrrole nitrogens is 1. The number of fused-ring (bicyclic) bond motifs is 1. The molecule has 0 bridgehead atoms. The molecule has 1 aromatic heterocycles. The highest BCUT2D eigenvalue weighted by Gasteiger charge is 2.51. The number of rotatable bonds is 7. The first-order valence-electron chi connectivity index (χ1n) is 13.0. The summed E-state index contributed by atoms with van der Waals surface area (Å²) in [6.45, 7) is 1.85. The Morgan fingerprint density at radius 1 is 0.821 bits per heavy atom. The Bertz CT molecular complexity index is 1650. The average Bonchev–Trinajstić information content (AvgIpc) is 3.71. The molecule has 6 rings (SSSR count). The number of carboxylic acids is 1. The molecule has 3 N–H and O–H groups in total. The van der Waals surface area contributed by atoms with Gasteiger partial charge in [-0.1, -0.05) is 97.1 Å². The van der Waals surface area contributed by atoms with Crippen molar-refractivity contribution in [1.29, 1.82) is 0 Å². The van der Waals surface area contributed by atoms with Crippen LogP contribution in [0.15, 0.2) is 103 Å². The first-order valence-corrected chi connectivity index (χ1v) is 13.0. The number of anilines is 1. The third-order valence-electron chi connectivity index (χ3n) is 7.59. The summed E-state index contributed by atoms with van der Waals surface area (Å²) in [5.41, 5.74) is 6.39. The third-order valence-corrected chi connectivity index (χ3v) is 7.59. The molecule has 5 aromatic rings. The third kappa shape index (κ3) is 4.66. The quantitative estimate of drug-likeness (QED) is 0.205. The fourth-order valence-electron chi connectivity index (χ4n) is 5.13. The number of aromatic nitrogens is 1. The van der Waals surface area contributed by atoms with Crippen LogP contribution in [0.1, 0.15) is 37.0 Å². The fraction of sp³-hybridized carbons (Fsp3) is 0.152. The number of carboxylic acid groups (broad SMARTS) is 1. The van der Waals surface area contributed by atoms with Gasteiger partial charge in [0.15, 0.2) is 0 Å². The molecule has 1 heterocycles. The average molecular weight is 517 g/mol. The molecule has 0 aliphatic heterocycles. The van der Waals surface area contributed by atoms with E-state index in [-0.39, 0.29) is 0 Å². The predicted octanol–water partition coefficient (Wildman–Crippen LogP) is 7.93. The van der Waals surface area contributed by atoms with E-state index in [2.05, 4.69) is 10.3 Å². The van der Waals surface area contributed by atoms with Crippen LogP contribution in [0.4, 0.5) is 10.5 Å². The maximum Gasteiger partial charge on any atom is 0.412 e. The smallest absolute Gasteiger partial charge is 0.412 e. The van der Waals surface area contributed by atoms with Crippen molar-refractivity contribution >= 4 is 28.7 Å². The van der Waals surface area contributed by atoms with Crippen LogP contribution in [0.3, 0.4) is 0 Å². The van der Waals surface area contributed by atoms with Crippen molar-refractivity contribution in [3.8, 4) is 22.4 Å². The van der Waals surface area contributed by atoms with Gasteiger partial charge in [0, 0.05) is 16.5 Å². The second-order valence-electron chi connectivity index (χ2n) is 10.0. The molecule has 6 nitrogen and oxygen atoms in total. The van der Waals surface area contributed by atoms with E-state index in [0.717, 1.165) is 44.4 Å². The number of nitrogens with one attached hydrogen (secondary N) is 2. The number of para-hydroxylation sites is 1. The van der Waals surface area contributed by atoms with Gasteiger partial charge < -0.3 is 14.8 Å². The Balaban J connectivity index is 1.25. The molecule has 1 atom stereocenters. The molecule has 1 aliphatic rings. The molecule has 194 valence electrons. The van der Waals surface area contributed by atoms with Crippen LogP contribution in [0.5, 0.6) is 0 Å². The summed E-state index contributed by atoms with van der Waals surface area (Å²) in [5.74, 6) is -0.749. The van der Waals surface area contributed by atoms with Crippen molar-refractivity contribution < 1.29 is 19.4 Å². The molecule has 1 aliphatic carbocycles. The minimum Gasteiger partial charge on any atom is -0.481 e. The van der Waals surface area contributed by atoms with Gasteiger partial charge in [-0.05, 0) is 48.1 Å². The van der Waals surface area contributed by atoms with E-state index >= 15 is 0 Å². The number of aliphatic carboxylic acids is 1. The van der Waals surface area contributed by atoms with Crippen molar-refractivity contribution in [2.45, 2.75) is 31.3 Å². The Kier molecular flexibility index (Phi) is 6.15. The van der Waals surface area contributed by atoms with Crippen LogP contribution in [0.25, 0.3) is 33.3 Å². The fourth-order valence-corrected chi connectivity index (χ4v) is 5.13. The number of carbonyl (C=O) groups is 2. The number of hydrogen-bond acceptors (Lipinski definition) is 3. The van der Waals surface area contributed by atoms with Crippen LogP contribution in [-0.2, 0) is 14.9 Å².